The van der Waals surface area contributed by atoms with Crippen LogP contribution in [-0.4, -0.2) is 53.8 Å². The van der Waals surface area contributed by atoms with Crippen LogP contribution < -0.4 is 29.3 Å². The Bertz CT molecular complexity index is 1820. The number of methoxy groups -OCH3 is 3. The molecule has 11 nitrogen and oxygen atoms in total. The van der Waals surface area contributed by atoms with E-state index in [9.17, 15) is 18.0 Å². The number of hydrogen-bond acceptors (Lipinski definition) is 8. The fourth-order valence-corrected chi connectivity index (χ4v) is 5.83. The van der Waals surface area contributed by atoms with Crippen molar-refractivity contribution < 1.29 is 32.2 Å². The van der Waals surface area contributed by atoms with Crippen LogP contribution in [-0.2, 0) is 14.8 Å². The van der Waals surface area contributed by atoms with Crippen LogP contribution in [0.2, 0.25) is 5.02 Å². The number of nitrogens with one attached hydrogen (secondary N) is 2. The molecular weight excluding hydrogens is 620 g/mol. The normalized spacial score (nSPS) is 11.4. The highest BCUT2D eigenvalue weighted by Crippen LogP contribution is 2.37. The van der Waals surface area contributed by atoms with Crippen LogP contribution in [0.3, 0.4) is 0 Å². The number of halogens is 1. The van der Waals surface area contributed by atoms with E-state index >= 15 is 0 Å². The van der Waals surface area contributed by atoms with Crippen molar-refractivity contribution in [3.63, 3.8) is 0 Å². The van der Waals surface area contributed by atoms with Gasteiger partial charge in [-0.25, -0.2) is 13.8 Å². The quantitative estimate of drug-likeness (QED) is 0.156. The van der Waals surface area contributed by atoms with Gasteiger partial charge in [0.15, 0.2) is 11.5 Å². The summed E-state index contributed by atoms with van der Waals surface area (Å²) in [5.41, 5.74) is 4.68. The predicted octanol–water partition coefficient (Wildman–Crippen LogP) is 5.35. The summed E-state index contributed by atoms with van der Waals surface area (Å²) in [6.45, 7) is 1.02. The molecule has 4 rings (SSSR count). The molecule has 13 heteroatoms. The summed E-state index contributed by atoms with van der Waals surface area (Å²) in [6.07, 6.45) is 0. The van der Waals surface area contributed by atoms with Crippen molar-refractivity contribution in [1.29, 1.82) is 0 Å². The van der Waals surface area contributed by atoms with E-state index in [4.69, 9.17) is 25.8 Å². The number of ether oxygens (including phenoxy) is 3. The predicted molar refractivity (Wildman–Crippen MR) is 173 cm³/mol. The zero-order valence-electron chi connectivity index (χ0n) is 24.9. The first kappa shape index (κ1) is 32.8. The number of carbonyl (C=O) groups is 2. The molecule has 4 aromatic carbocycles. The van der Waals surface area contributed by atoms with Crippen molar-refractivity contribution in [2.45, 2.75) is 11.8 Å². The average molecular weight is 651 g/mol. The standard InChI is InChI=1S/C32H31ClN4O7S/c1-21(22-10-13-25(14-11-22)34-32(39)23-8-6-5-7-9-23)35-36-31(38)20-37(27-18-24(33)12-16-28(27)42-2)45(40,41)26-15-17-29(43-3)30(19-26)44-4/h5-19H,20H2,1-4H3,(H,34,39)(H,36,38)/b35-21-. The van der Waals surface area contributed by atoms with Gasteiger partial charge in [-0.1, -0.05) is 41.9 Å². The molecule has 0 saturated heterocycles. The zero-order valence-corrected chi connectivity index (χ0v) is 26.5. The van der Waals surface area contributed by atoms with Crippen LogP contribution >= 0.6 is 11.6 Å². The summed E-state index contributed by atoms with van der Waals surface area (Å²) in [6, 6.07) is 24.2. The fourth-order valence-electron chi connectivity index (χ4n) is 4.23. The molecule has 0 unspecified atom stereocenters. The van der Waals surface area contributed by atoms with Crippen LogP contribution in [0.5, 0.6) is 17.2 Å². The van der Waals surface area contributed by atoms with E-state index in [-0.39, 0.29) is 33.0 Å². The van der Waals surface area contributed by atoms with Crippen LogP contribution in [0.25, 0.3) is 0 Å². The van der Waals surface area contributed by atoms with E-state index in [1.807, 2.05) is 6.07 Å². The van der Waals surface area contributed by atoms with Gasteiger partial charge in [-0.15, -0.1) is 0 Å². The van der Waals surface area contributed by atoms with Gasteiger partial charge >= 0.3 is 0 Å². The van der Waals surface area contributed by atoms with E-state index in [1.54, 1.807) is 55.5 Å². The third-order valence-corrected chi connectivity index (χ3v) is 8.58. The molecule has 2 amide bonds. The van der Waals surface area contributed by atoms with E-state index in [0.29, 0.717) is 28.3 Å². The highest BCUT2D eigenvalue weighted by molar-refractivity contribution is 7.92. The maximum atomic E-state index is 14.0. The second kappa shape index (κ2) is 14.6. The monoisotopic (exact) mass is 650 g/mol. The second-order valence-electron chi connectivity index (χ2n) is 9.47. The SMILES string of the molecule is COc1ccc(S(=O)(=O)N(CC(=O)N/N=C(/C)c2ccc(NC(=O)c3ccccc3)cc2)c2cc(Cl)ccc2OC)cc1OC. The molecule has 0 bridgehead atoms. The first-order valence-electron chi connectivity index (χ1n) is 13.5. The Labute approximate surface area is 266 Å². The van der Waals surface area contributed by atoms with Crippen LogP contribution in [0, 0.1) is 0 Å². The molecule has 45 heavy (non-hydrogen) atoms. The van der Waals surface area contributed by atoms with Gasteiger partial charge in [-0.2, -0.15) is 5.10 Å². The number of amides is 2. The van der Waals surface area contributed by atoms with Gasteiger partial charge in [0.25, 0.3) is 21.8 Å². The third kappa shape index (κ3) is 7.91. The summed E-state index contributed by atoms with van der Waals surface area (Å²) in [4.78, 5) is 25.4. The number of rotatable bonds is 12. The lowest BCUT2D eigenvalue weighted by Gasteiger charge is -2.26. The Hall–Kier alpha value is -5.07. The molecule has 0 atom stereocenters. The number of benzene rings is 4. The summed E-state index contributed by atoms with van der Waals surface area (Å²) in [5.74, 6) is -0.281. The van der Waals surface area contributed by atoms with Crippen LogP contribution in [0.15, 0.2) is 101 Å². The first-order valence-corrected chi connectivity index (χ1v) is 15.3. The molecular formula is C32H31ClN4O7S. The van der Waals surface area contributed by atoms with E-state index in [1.165, 1.54) is 57.7 Å². The maximum absolute atomic E-state index is 14.0. The van der Waals surface area contributed by atoms with E-state index < -0.39 is 22.5 Å². The number of hydrogen-bond donors (Lipinski definition) is 2. The third-order valence-electron chi connectivity index (χ3n) is 6.58. The smallest absolute Gasteiger partial charge is 0.265 e. The second-order valence-corrected chi connectivity index (χ2v) is 11.8. The lowest BCUT2D eigenvalue weighted by Crippen LogP contribution is -2.40. The van der Waals surface area contributed by atoms with Gasteiger partial charge < -0.3 is 19.5 Å². The first-order chi connectivity index (χ1) is 21.6. The van der Waals surface area contributed by atoms with Gasteiger partial charge in [-0.05, 0) is 67.1 Å². The molecule has 0 heterocycles. The van der Waals surface area contributed by atoms with Crippen molar-refractivity contribution >= 4 is 50.5 Å². The van der Waals surface area contributed by atoms with Gasteiger partial charge in [0.1, 0.15) is 12.3 Å². The lowest BCUT2D eigenvalue weighted by molar-refractivity contribution is -0.119. The summed E-state index contributed by atoms with van der Waals surface area (Å²) >= 11 is 6.22. The van der Waals surface area contributed by atoms with Crippen molar-refractivity contribution in [3.8, 4) is 17.2 Å². The minimum atomic E-state index is -4.37. The average Bonchev–Trinajstić information content (AvgIpc) is 3.06. The number of carbonyl (C=O) groups excluding carboxylic acids is 2. The number of nitrogens with zero attached hydrogens (tertiary/aromatic N) is 2. The van der Waals surface area contributed by atoms with Crippen molar-refractivity contribution in [2.75, 3.05) is 37.5 Å². The van der Waals surface area contributed by atoms with Gasteiger partial charge in [0.2, 0.25) is 0 Å². The molecule has 0 saturated carbocycles. The van der Waals surface area contributed by atoms with E-state index in [2.05, 4.69) is 15.8 Å². The topological polar surface area (TPSA) is 136 Å². The molecule has 0 radical (unpaired) electrons. The molecule has 0 aliphatic heterocycles. The van der Waals surface area contributed by atoms with Crippen molar-refractivity contribution in [1.82, 2.24) is 5.43 Å². The van der Waals surface area contributed by atoms with Crippen LogP contribution in [0.4, 0.5) is 11.4 Å². The summed E-state index contributed by atoms with van der Waals surface area (Å²) < 4.78 is 44.7. The molecule has 0 aliphatic carbocycles. The molecule has 0 aliphatic rings. The zero-order chi connectivity index (χ0) is 32.6. The molecule has 234 valence electrons. The van der Waals surface area contributed by atoms with Gasteiger partial charge in [0, 0.05) is 22.3 Å². The largest absolute Gasteiger partial charge is 0.495 e. The molecule has 2 N–H and O–H groups in total. The Balaban J connectivity index is 1.56. The lowest BCUT2D eigenvalue weighted by atomic mass is 10.1. The minimum Gasteiger partial charge on any atom is -0.495 e. The van der Waals surface area contributed by atoms with Crippen molar-refractivity contribution in [3.05, 3.63) is 107 Å². The van der Waals surface area contributed by atoms with Crippen LogP contribution in [0.1, 0.15) is 22.8 Å². The van der Waals surface area contributed by atoms with Crippen molar-refractivity contribution in [2.24, 2.45) is 5.10 Å². The Morgan fingerprint density at radius 3 is 2.09 bits per heavy atom. The Kier molecular flexibility index (Phi) is 10.7. The maximum Gasteiger partial charge on any atom is 0.265 e. The van der Waals surface area contributed by atoms with E-state index in [0.717, 1.165) is 4.31 Å². The Morgan fingerprint density at radius 2 is 1.44 bits per heavy atom. The fraction of sp³-hybridized carbons (Fsp3) is 0.156. The van der Waals surface area contributed by atoms with Gasteiger partial charge in [0.05, 0.1) is 37.6 Å². The number of sulfonamides is 1. The number of hydrazone groups is 1. The highest BCUT2D eigenvalue weighted by Gasteiger charge is 2.30. The molecule has 0 spiro atoms. The Morgan fingerprint density at radius 1 is 0.800 bits per heavy atom. The molecule has 0 aromatic heterocycles. The number of anilines is 2. The summed E-state index contributed by atoms with van der Waals surface area (Å²) in [7, 11) is -0.178. The highest BCUT2D eigenvalue weighted by atomic mass is 35.5. The van der Waals surface area contributed by atoms with Gasteiger partial charge in [-0.3, -0.25) is 13.9 Å². The summed E-state index contributed by atoms with van der Waals surface area (Å²) in [5, 5.41) is 7.21. The molecule has 0 fully saturated rings. The molecule has 4 aromatic rings. The minimum absolute atomic E-state index is 0.0452.